The van der Waals surface area contributed by atoms with Crippen molar-refractivity contribution in [2.75, 3.05) is 12.3 Å². The van der Waals surface area contributed by atoms with Crippen LogP contribution in [0.4, 0.5) is 0 Å². The van der Waals surface area contributed by atoms with Crippen molar-refractivity contribution in [1.29, 1.82) is 0 Å². The minimum atomic E-state index is 0.0143. The van der Waals surface area contributed by atoms with Gasteiger partial charge in [0, 0.05) is 23.3 Å². The summed E-state index contributed by atoms with van der Waals surface area (Å²) in [5.74, 6) is 0.681. The van der Waals surface area contributed by atoms with Crippen molar-refractivity contribution in [2.45, 2.75) is 25.7 Å². The molecule has 1 rings (SSSR count). The summed E-state index contributed by atoms with van der Waals surface area (Å²) in [7, 11) is 0. The molecule has 0 saturated heterocycles. The minimum Gasteiger partial charge on any atom is -0.355 e. The van der Waals surface area contributed by atoms with E-state index in [4.69, 9.17) is 0 Å². The van der Waals surface area contributed by atoms with Gasteiger partial charge in [-0.2, -0.15) is 12.6 Å². The molecule has 0 fully saturated rings. The van der Waals surface area contributed by atoms with E-state index in [-0.39, 0.29) is 11.3 Å². The van der Waals surface area contributed by atoms with E-state index in [1.165, 1.54) is 4.88 Å². The lowest BCUT2D eigenvalue weighted by Gasteiger charge is -2.23. The molecule has 4 heteroatoms. The molecule has 0 radical (unpaired) electrons. The van der Waals surface area contributed by atoms with Gasteiger partial charge in [-0.3, -0.25) is 4.79 Å². The van der Waals surface area contributed by atoms with Gasteiger partial charge in [-0.15, -0.1) is 11.3 Å². The predicted octanol–water partition coefficient (Wildman–Crippen LogP) is 2.46. The van der Waals surface area contributed by atoms with Gasteiger partial charge in [-0.05, 0) is 17.2 Å². The average Bonchev–Trinajstić information content (AvgIpc) is 2.69. The van der Waals surface area contributed by atoms with E-state index in [1.54, 1.807) is 11.3 Å². The molecule has 2 nitrogen and oxygen atoms in total. The Hall–Kier alpha value is -0.480. The van der Waals surface area contributed by atoms with Gasteiger partial charge < -0.3 is 5.32 Å². The number of thiophene rings is 1. The standard InChI is InChI=1S/C11H17NOS2/c1-11(2,9-4-3-7-15-9)8-12-10(13)5-6-14/h3-4,7,14H,5-6,8H2,1-2H3,(H,12,13). The van der Waals surface area contributed by atoms with Gasteiger partial charge in [0.25, 0.3) is 0 Å². The number of carbonyl (C=O) groups excluding carboxylic acids is 1. The molecule has 0 spiro atoms. The summed E-state index contributed by atoms with van der Waals surface area (Å²) in [6.07, 6.45) is 0.490. The second-order valence-electron chi connectivity index (χ2n) is 4.11. The molecule has 0 aliphatic heterocycles. The Balaban J connectivity index is 2.47. The van der Waals surface area contributed by atoms with Gasteiger partial charge in [0.1, 0.15) is 0 Å². The molecule has 0 aliphatic carbocycles. The molecule has 0 aliphatic rings. The van der Waals surface area contributed by atoms with E-state index < -0.39 is 0 Å². The monoisotopic (exact) mass is 243 g/mol. The molecule has 0 saturated carbocycles. The Kier molecular flexibility index (Phi) is 4.67. The number of carbonyl (C=O) groups is 1. The van der Waals surface area contributed by atoms with Crippen LogP contribution in [0.5, 0.6) is 0 Å². The van der Waals surface area contributed by atoms with E-state index >= 15 is 0 Å². The molecule has 0 bridgehead atoms. The molecule has 1 amide bonds. The van der Waals surface area contributed by atoms with Gasteiger partial charge >= 0.3 is 0 Å². The summed E-state index contributed by atoms with van der Waals surface area (Å²) >= 11 is 5.75. The van der Waals surface area contributed by atoms with Crippen LogP contribution < -0.4 is 5.32 Å². The zero-order valence-corrected chi connectivity index (χ0v) is 10.8. The first-order chi connectivity index (χ1) is 7.06. The fourth-order valence-electron chi connectivity index (χ4n) is 1.26. The van der Waals surface area contributed by atoms with E-state index in [0.29, 0.717) is 18.7 Å². The summed E-state index contributed by atoms with van der Waals surface area (Å²) in [5.41, 5.74) is 0.0143. The molecule has 0 unspecified atom stereocenters. The summed E-state index contributed by atoms with van der Waals surface area (Å²) < 4.78 is 0. The van der Waals surface area contributed by atoms with E-state index in [2.05, 4.69) is 43.2 Å². The highest BCUT2D eigenvalue weighted by Gasteiger charge is 2.21. The molecule has 1 aromatic heterocycles. The Morgan fingerprint density at radius 1 is 1.60 bits per heavy atom. The number of nitrogens with one attached hydrogen (secondary N) is 1. The van der Waals surface area contributed by atoms with Crippen molar-refractivity contribution in [2.24, 2.45) is 0 Å². The molecular formula is C11H17NOS2. The number of hydrogen-bond acceptors (Lipinski definition) is 3. The summed E-state index contributed by atoms with van der Waals surface area (Å²) in [6.45, 7) is 4.96. The third-order valence-electron chi connectivity index (χ3n) is 2.25. The van der Waals surface area contributed by atoms with Crippen LogP contribution >= 0.6 is 24.0 Å². The number of hydrogen-bond donors (Lipinski definition) is 2. The van der Waals surface area contributed by atoms with Gasteiger partial charge in [-0.25, -0.2) is 0 Å². The van der Waals surface area contributed by atoms with Gasteiger partial charge in [-0.1, -0.05) is 19.9 Å². The second-order valence-corrected chi connectivity index (χ2v) is 5.51. The molecular weight excluding hydrogens is 226 g/mol. The Bertz CT molecular complexity index is 306. The van der Waals surface area contributed by atoms with Gasteiger partial charge in [0.05, 0.1) is 0 Å². The first-order valence-corrected chi connectivity index (χ1v) is 6.49. The first-order valence-electron chi connectivity index (χ1n) is 4.98. The maximum Gasteiger partial charge on any atom is 0.220 e. The van der Waals surface area contributed by atoms with Crippen molar-refractivity contribution >= 4 is 29.9 Å². The third kappa shape index (κ3) is 3.87. The minimum absolute atomic E-state index is 0.0143. The molecule has 0 atom stereocenters. The van der Waals surface area contributed by atoms with Crippen LogP contribution in [0.25, 0.3) is 0 Å². The van der Waals surface area contributed by atoms with Crippen LogP contribution in [0.3, 0.4) is 0 Å². The maximum absolute atomic E-state index is 11.3. The van der Waals surface area contributed by atoms with Gasteiger partial charge in [0.2, 0.25) is 5.91 Å². The van der Waals surface area contributed by atoms with Crippen molar-refractivity contribution < 1.29 is 4.79 Å². The fourth-order valence-corrected chi connectivity index (χ4v) is 2.32. The van der Waals surface area contributed by atoms with Crippen molar-refractivity contribution in [3.05, 3.63) is 22.4 Å². The fraction of sp³-hybridized carbons (Fsp3) is 0.545. The topological polar surface area (TPSA) is 29.1 Å². The number of rotatable bonds is 5. The normalized spacial score (nSPS) is 11.4. The first kappa shape index (κ1) is 12.6. The van der Waals surface area contributed by atoms with Crippen LogP contribution in [0.2, 0.25) is 0 Å². The largest absolute Gasteiger partial charge is 0.355 e. The Morgan fingerprint density at radius 2 is 2.33 bits per heavy atom. The Morgan fingerprint density at radius 3 is 2.87 bits per heavy atom. The van der Waals surface area contributed by atoms with Crippen LogP contribution in [-0.4, -0.2) is 18.2 Å². The highest BCUT2D eigenvalue weighted by molar-refractivity contribution is 7.80. The highest BCUT2D eigenvalue weighted by atomic mass is 32.1. The summed E-state index contributed by atoms with van der Waals surface area (Å²) in [6, 6.07) is 4.15. The predicted molar refractivity (Wildman–Crippen MR) is 68.8 cm³/mol. The zero-order valence-electron chi connectivity index (χ0n) is 9.12. The molecule has 15 heavy (non-hydrogen) atoms. The lowest BCUT2D eigenvalue weighted by molar-refractivity contribution is -0.120. The SMILES string of the molecule is CC(C)(CNC(=O)CCS)c1cccs1. The van der Waals surface area contributed by atoms with E-state index in [9.17, 15) is 4.79 Å². The van der Waals surface area contributed by atoms with E-state index in [0.717, 1.165) is 0 Å². The third-order valence-corrected chi connectivity index (χ3v) is 3.71. The quantitative estimate of drug-likeness (QED) is 0.764. The molecule has 84 valence electrons. The van der Waals surface area contributed by atoms with Crippen molar-refractivity contribution in [3.8, 4) is 0 Å². The van der Waals surface area contributed by atoms with Gasteiger partial charge in [0.15, 0.2) is 0 Å². The summed E-state index contributed by atoms with van der Waals surface area (Å²) in [4.78, 5) is 12.6. The number of thiol groups is 1. The summed E-state index contributed by atoms with van der Waals surface area (Å²) in [5, 5.41) is 4.99. The second kappa shape index (κ2) is 5.56. The van der Waals surface area contributed by atoms with Crippen LogP contribution in [0.15, 0.2) is 17.5 Å². The van der Waals surface area contributed by atoms with Crippen LogP contribution in [0, 0.1) is 0 Å². The van der Waals surface area contributed by atoms with Crippen molar-refractivity contribution in [3.63, 3.8) is 0 Å². The van der Waals surface area contributed by atoms with Crippen LogP contribution in [0.1, 0.15) is 25.1 Å². The van der Waals surface area contributed by atoms with E-state index in [1.807, 2.05) is 6.07 Å². The average molecular weight is 243 g/mol. The molecule has 0 aromatic carbocycles. The maximum atomic E-state index is 11.3. The Labute approximate surface area is 100 Å². The van der Waals surface area contributed by atoms with Crippen LogP contribution in [-0.2, 0) is 10.2 Å². The lowest BCUT2D eigenvalue weighted by Crippen LogP contribution is -2.36. The number of amides is 1. The van der Waals surface area contributed by atoms with Crippen molar-refractivity contribution in [1.82, 2.24) is 5.32 Å². The smallest absolute Gasteiger partial charge is 0.220 e. The lowest BCUT2D eigenvalue weighted by atomic mass is 9.91. The molecule has 1 aromatic rings. The zero-order chi connectivity index (χ0) is 11.3. The molecule has 1 heterocycles. The molecule has 1 N–H and O–H groups in total. The highest BCUT2D eigenvalue weighted by Crippen LogP contribution is 2.26.